The van der Waals surface area contributed by atoms with Crippen LogP contribution in [0.15, 0.2) is 0 Å². The summed E-state index contributed by atoms with van der Waals surface area (Å²) in [5, 5.41) is 3.82. The van der Waals surface area contributed by atoms with Gasteiger partial charge in [0.05, 0.1) is 6.10 Å². The van der Waals surface area contributed by atoms with Crippen molar-refractivity contribution in [3.05, 3.63) is 0 Å². The normalized spacial score (nSPS) is 32.9. The van der Waals surface area contributed by atoms with E-state index in [4.69, 9.17) is 4.74 Å². The second-order valence-electron chi connectivity index (χ2n) is 7.23. The molecule has 4 nitrogen and oxygen atoms in total. The molecule has 0 spiro atoms. The molecule has 3 unspecified atom stereocenters. The van der Waals surface area contributed by atoms with E-state index in [9.17, 15) is 0 Å². The van der Waals surface area contributed by atoms with E-state index < -0.39 is 0 Å². The monoisotopic (exact) mass is 283 g/mol. The Bertz CT molecular complexity index is 300. The van der Waals surface area contributed by atoms with Crippen LogP contribution in [0.5, 0.6) is 0 Å². The molecule has 0 bridgehead atoms. The first-order valence-corrected chi connectivity index (χ1v) is 8.22. The highest BCUT2D eigenvalue weighted by molar-refractivity contribution is 5.03. The number of piperazine rings is 1. The maximum absolute atomic E-state index is 5.81. The molecule has 1 N–H and O–H groups in total. The van der Waals surface area contributed by atoms with Gasteiger partial charge in [-0.05, 0) is 27.3 Å². The summed E-state index contributed by atoms with van der Waals surface area (Å²) in [6.45, 7) is 15.9. The molecule has 1 aliphatic carbocycles. The SMILES string of the molecule is CCOC1CC(NC(C)CN2CCN(C)CC2)C1(C)C. The van der Waals surface area contributed by atoms with Crippen LogP contribution in [-0.4, -0.2) is 74.4 Å². The number of hydrogen-bond donors (Lipinski definition) is 1. The zero-order chi connectivity index (χ0) is 14.8. The summed E-state index contributed by atoms with van der Waals surface area (Å²) in [4.78, 5) is 5.00. The van der Waals surface area contributed by atoms with E-state index in [-0.39, 0.29) is 5.41 Å². The molecule has 118 valence electrons. The third-order valence-electron chi connectivity index (χ3n) is 5.16. The van der Waals surface area contributed by atoms with Gasteiger partial charge in [-0.2, -0.15) is 0 Å². The summed E-state index contributed by atoms with van der Waals surface area (Å²) < 4.78 is 5.81. The van der Waals surface area contributed by atoms with Crippen LogP contribution in [0.25, 0.3) is 0 Å². The van der Waals surface area contributed by atoms with Gasteiger partial charge in [-0.3, -0.25) is 4.90 Å². The van der Waals surface area contributed by atoms with Crippen molar-refractivity contribution in [3.63, 3.8) is 0 Å². The van der Waals surface area contributed by atoms with Crippen LogP contribution in [0.3, 0.4) is 0 Å². The predicted octanol–water partition coefficient (Wildman–Crippen LogP) is 1.42. The van der Waals surface area contributed by atoms with Crippen molar-refractivity contribution in [2.24, 2.45) is 5.41 Å². The number of nitrogens with one attached hydrogen (secondary N) is 1. The van der Waals surface area contributed by atoms with Crippen LogP contribution in [0.4, 0.5) is 0 Å². The second-order valence-corrected chi connectivity index (χ2v) is 7.23. The molecule has 20 heavy (non-hydrogen) atoms. The summed E-state index contributed by atoms with van der Waals surface area (Å²) >= 11 is 0. The Labute approximate surface area is 124 Å². The zero-order valence-corrected chi connectivity index (χ0v) is 14.0. The molecule has 0 amide bonds. The predicted molar refractivity (Wildman–Crippen MR) is 84.1 cm³/mol. The van der Waals surface area contributed by atoms with Gasteiger partial charge in [-0.1, -0.05) is 13.8 Å². The fraction of sp³-hybridized carbons (Fsp3) is 1.00. The Hall–Kier alpha value is -0.160. The van der Waals surface area contributed by atoms with E-state index in [1.54, 1.807) is 0 Å². The highest BCUT2D eigenvalue weighted by Crippen LogP contribution is 2.42. The summed E-state index contributed by atoms with van der Waals surface area (Å²) in [6, 6.07) is 1.16. The fourth-order valence-electron chi connectivity index (χ4n) is 3.47. The van der Waals surface area contributed by atoms with E-state index >= 15 is 0 Å². The minimum Gasteiger partial charge on any atom is -0.378 e. The van der Waals surface area contributed by atoms with Gasteiger partial charge in [-0.15, -0.1) is 0 Å². The van der Waals surface area contributed by atoms with Crippen molar-refractivity contribution in [1.29, 1.82) is 0 Å². The van der Waals surface area contributed by atoms with Gasteiger partial charge in [0, 0.05) is 56.8 Å². The minimum atomic E-state index is 0.270. The molecule has 0 aromatic rings. The Balaban J connectivity index is 1.71. The van der Waals surface area contributed by atoms with Crippen molar-refractivity contribution in [3.8, 4) is 0 Å². The molecule has 1 aliphatic heterocycles. The van der Waals surface area contributed by atoms with Crippen molar-refractivity contribution < 1.29 is 4.74 Å². The summed E-state index contributed by atoms with van der Waals surface area (Å²) in [6.07, 6.45) is 1.59. The van der Waals surface area contributed by atoms with Gasteiger partial charge in [0.25, 0.3) is 0 Å². The van der Waals surface area contributed by atoms with Crippen molar-refractivity contribution in [2.45, 2.75) is 52.3 Å². The molecule has 1 heterocycles. The summed E-state index contributed by atoms with van der Waals surface area (Å²) in [7, 11) is 2.21. The number of nitrogens with zero attached hydrogens (tertiary/aromatic N) is 2. The number of ether oxygens (including phenoxy) is 1. The van der Waals surface area contributed by atoms with E-state index in [0.29, 0.717) is 18.2 Å². The van der Waals surface area contributed by atoms with Gasteiger partial charge in [0.15, 0.2) is 0 Å². The van der Waals surface area contributed by atoms with Crippen molar-refractivity contribution in [2.75, 3.05) is 46.4 Å². The van der Waals surface area contributed by atoms with Crippen LogP contribution in [0, 0.1) is 5.41 Å². The van der Waals surface area contributed by atoms with Gasteiger partial charge in [-0.25, -0.2) is 0 Å². The quantitative estimate of drug-likeness (QED) is 0.798. The average molecular weight is 283 g/mol. The van der Waals surface area contributed by atoms with Crippen molar-refractivity contribution in [1.82, 2.24) is 15.1 Å². The average Bonchev–Trinajstić information content (AvgIpc) is 2.40. The lowest BCUT2D eigenvalue weighted by Gasteiger charge is -2.53. The Morgan fingerprint density at radius 3 is 2.45 bits per heavy atom. The fourth-order valence-corrected chi connectivity index (χ4v) is 3.47. The smallest absolute Gasteiger partial charge is 0.0655 e. The minimum absolute atomic E-state index is 0.270. The third-order valence-corrected chi connectivity index (χ3v) is 5.16. The van der Waals surface area contributed by atoms with Gasteiger partial charge < -0.3 is 15.0 Å². The lowest BCUT2D eigenvalue weighted by molar-refractivity contribution is -0.116. The lowest BCUT2D eigenvalue weighted by atomic mass is 9.64. The topological polar surface area (TPSA) is 27.7 Å². The maximum Gasteiger partial charge on any atom is 0.0655 e. The van der Waals surface area contributed by atoms with E-state index in [1.807, 2.05) is 0 Å². The molecule has 2 rings (SSSR count). The van der Waals surface area contributed by atoms with Gasteiger partial charge in [0.2, 0.25) is 0 Å². The molecule has 3 atom stereocenters. The van der Waals surface area contributed by atoms with Crippen molar-refractivity contribution >= 4 is 0 Å². The summed E-state index contributed by atoms with van der Waals surface area (Å²) in [5.74, 6) is 0. The third kappa shape index (κ3) is 3.73. The molecular weight excluding hydrogens is 250 g/mol. The molecule has 1 saturated carbocycles. The first-order chi connectivity index (χ1) is 9.43. The van der Waals surface area contributed by atoms with E-state index in [2.05, 4.69) is 49.9 Å². The zero-order valence-electron chi connectivity index (χ0n) is 14.0. The number of likely N-dealkylation sites (N-methyl/N-ethyl adjacent to an activating group) is 1. The maximum atomic E-state index is 5.81. The van der Waals surface area contributed by atoms with E-state index in [0.717, 1.165) is 13.0 Å². The molecule has 1 saturated heterocycles. The van der Waals surface area contributed by atoms with Gasteiger partial charge in [0.1, 0.15) is 0 Å². The standard InChI is InChI=1S/C16H33N3O/c1-6-20-15-11-14(16(15,3)4)17-13(2)12-19-9-7-18(5)8-10-19/h13-15,17H,6-12H2,1-5H3. The van der Waals surface area contributed by atoms with Gasteiger partial charge >= 0.3 is 0 Å². The molecule has 0 aromatic carbocycles. The Kier molecular flexibility index (Phi) is 5.46. The molecule has 0 aromatic heterocycles. The Morgan fingerprint density at radius 2 is 1.90 bits per heavy atom. The summed E-state index contributed by atoms with van der Waals surface area (Å²) in [5.41, 5.74) is 0.270. The number of hydrogen-bond acceptors (Lipinski definition) is 4. The molecule has 2 fully saturated rings. The lowest BCUT2D eigenvalue weighted by Crippen LogP contribution is -2.63. The first kappa shape index (κ1) is 16.2. The van der Waals surface area contributed by atoms with Crippen LogP contribution in [0.2, 0.25) is 0 Å². The highest BCUT2D eigenvalue weighted by Gasteiger charge is 2.48. The molecule has 0 radical (unpaired) electrons. The molecular formula is C16H33N3O. The van der Waals surface area contributed by atoms with E-state index in [1.165, 1.54) is 32.7 Å². The molecule has 4 heteroatoms. The molecule has 2 aliphatic rings. The van der Waals surface area contributed by atoms with Crippen LogP contribution in [-0.2, 0) is 4.74 Å². The van der Waals surface area contributed by atoms with Crippen LogP contribution >= 0.6 is 0 Å². The largest absolute Gasteiger partial charge is 0.378 e. The first-order valence-electron chi connectivity index (χ1n) is 8.22. The number of rotatable bonds is 6. The highest BCUT2D eigenvalue weighted by atomic mass is 16.5. The van der Waals surface area contributed by atoms with Crippen LogP contribution in [0.1, 0.15) is 34.1 Å². The second kappa shape index (κ2) is 6.73. The van der Waals surface area contributed by atoms with Crippen LogP contribution < -0.4 is 5.32 Å². The Morgan fingerprint density at radius 1 is 1.25 bits per heavy atom.